The van der Waals surface area contributed by atoms with Crippen molar-refractivity contribution in [2.45, 2.75) is 30.6 Å². The molecule has 0 bridgehead atoms. The highest BCUT2D eigenvalue weighted by atomic mass is 35.7. The van der Waals surface area contributed by atoms with Crippen LogP contribution >= 0.6 is 10.7 Å². The molecule has 0 aliphatic heterocycles. The van der Waals surface area contributed by atoms with E-state index in [4.69, 9.17) is 10.7 Å². The van der Waals surface area contributed by atoms with Crippen molar-refractivity contribution in [3.8, 4) is 0 Å². The largest absolute Gasteiger partial charge is 0.352 e. The minimum atomic E-state index is -3.98. The van der Waals surface area contributed by atoms with Crippen LogP contribution in [0.1, 0.15) is 36.0 Å². The van der Waals surface area contributed by atoms with Gasteiger partial charge in [0.15, 0.2) is 0 Å². The van der Waals surface area contributed by atoms with Crippen molar-refractivity contribution in [3.05, 3.63) is 29.6 Å². The second kappa shape index (κ2) is 6.10. The summed E-state index contributed by atoms with van der Waals surface area (Å²) in [5.74, 6) is -0.623. The number of carbonyl (C=O) groups is 1. The van der Waals surface area contributed by atoms with Gasteiger partial charge in [-0.1, -0.05) is 12.8 Å². The lowest BCUT2D eigenvalue weighted by atomic mass is 10.2. The van der Waals surface area contributed by atoms with E-state index in [2.05, 4.69) is 5.32 Å². The molecule has 4 nitrogen and oxygen atoms in total. The summed E-state index contributed by atoms with van der Waals surface area (Å²) in [6.07, 6.45) is 4.39. The molecule has 1 aliphatic rings. The van der Waals surface area contributed by atoms with Gasteiger partial charge in [-0.05, 0) is 37.0 Å². The SMILES string of the molecule is O=C(NCCCC1CC1)c1cc(S(=O)(=O)Cl)ccc1F. The first-order valence-electron chi connectivity index (χ1n) is 6.40. The third kappa shape index (κ3) is 4.18. The summed E-state index contributed by atoms with van der Waals surface area (Å²) in [7, 11) is 1.20. The van der Waals surface area contributed by atoms with Gasteiger partial charge in [0.05, 0.1) is 10.5 Å². The number of amides is 1. The Hall–Kier alpha value is -1.14. The number of halogens is 2. The maximum atomic E-state index is 13.6. The Bertz CT molecular complexity index is 614. The maximum Gasteiger partial charge on any atom is 0.261 e. The molecule has 7 heteroatoms. The summed E-state index contributed by atoms with van der Waals surface area (Å²) in [6, 6.07) is 2.91. The highest BCUT2D eigenvalue weighted by molar-refractivity contribution is 8.13. The third-order valence-electron chi connectivity index (χ3n) is 3.24. The minimum absolute atomic E-state index is 0.288. The van der Waals surface area contributed by atoms with Crippen LogP contribution in [0.25, 0.3) is 0 Å². The zero-order chi connectivity index (χ0) is 14.8. The van der Waals surface area contributed by atoms with Gasteiger partial charge < -0.3 is 5.32 Å². The molecule has 110 valence electrons. The monoisotopic (exact) mass is 319 g/mol. The Morgan fingerprint density at radius 3 is 2.70 bits per heavy atom. The standard InChI is InChI=1S/C13H15ClFNO3S/c14-20(18,19)10-5-6-12(15)11(8-10)13(17)16-7-1-2-9-3-4-9/h5-6,8-9H,1-4,7H2,(H,16,17). The molecule has 0 spiro atoms. The lowest BCUT2D eigenvalue weighted by Gasteiger charge is -2.07. The first-order valence-corrected chi connectivity index (χ1v) is 8.71. The van der Waals surface area contributed by atoms with E-state index in [9.17, 15) is 17.6 Å². The molecule has 0 atom stereocenters. The van der Waals surface area contributed by atoms with Crippen LogP contribution < -0.4 is 5.32 Å². The van der Waals surface area contributed by atoms with Crippen LogP contribution in [-0.4, -0.2) is 20.9 Å². The average molecular weight is 320 g/mol. The summed E-state index contributed by atoms with van der Waals surface area (Å²) >= 11 is 0. The van der Waals surface area contributed by atoms with E-state index >= 15 is 0 Å². The summed E-state index contributed by atoms with van der Waals surface area (Å²) in [4.78, 5) is 11.5. The van der Waals surface area contributed by atoms with Crippen LogP contribution in [0.15, 0.2) is 23.1 Å². The second-order valence-electron chi connectivity index (χ2n) is 4.92. The second-order valence-corrected chi connectivity index (χ2v) is 7.49. The predicted molar refractivity (Wildman–Crippen MR) is 73.7 cm³/mol. The first-order chi connectivity index (χ1) is 9.38. The molecule has 0 saturated heterocycles. The van der Waals surface area contributed by atoms with E-state index in [0.717, 1.165) is 37.0 Å². The molecule has 1 saturated carbocycles. The molecule has 1 aromatic carbocycles. The van der Waals surface area contributed by atoms with Crippen molar-refractivity contribution in [2.24, 2.45) is 5.92 Å². The van der Waals surface area contributed by atoms with Gasteiger partial charge in [-0.3, -0.25) is 4.79 Å². The Labute approximate surface area is 121 Å². The normalized spacial score (nSPS) is 15.1. The molecular weight excluding hydrogens is 305 g/mol. The van der Waals surface area contributed by atoms with Crippen molar-refractivity contribution in [1.82, 2.24) is 5.32 Å². The lowest BCUT2D eigenvalue weighted by molar-refractivity contribution is 0.0948. The van der Waals surface area contributed by atoms with E-state index in [1.54, 1.807) is 0 Å². The van der Waals surface area contributed by atoms with Gasteiger partial charge in [-0.25, -0.2) is 12.8 Å². The average Bonchev–Trinajstić information content (AvgIpc) is 3.17. The van der Waals surface area contributed by atoms with Crippen molar-refractivity contribution in [3.63, 3.8) is 0 Å². The fourth-order valence-electron chi connectivity index (χ4n) is 1.92. The molecule has 0 aromatic heterocycles. The molecule has 2 rings (SSSR count). The highest BCUT2D eigenvalue weighted by Gasteiger charge is 2.21. The number of nitrogens with one attached hydrogen (secondary N) is 1. The molecule has 0 radical (unpaired) electrons. The molecule has 1 aliphatic carbocycles. The number of carbonyl (C=O) groups excluding carboxylic acids is 1. The molecular formula is C13H15ClFNO3S. The van der Waals surface area contributed by atoms with Crippen molar-refractivity contribution in [1.29, 1.82) is 0 Å². The van der Waals surface area contributed by atoms with E-state index in [1.807, 2.05) is 0 Å². The molecule has 20 heavy (non-hydrogen) atoms. The van der Waals surface area contributed by atoms with Crippen LogP contribution in [0.3, 0.4) is 0 Å². The predicted octanol–water partition coefficient (Wildman–Crippen LogP) is 2.67. The molecule has 0 unspecified atom stereocenters. The number of hydrogen-bond acceptors (Lipinski definition) is 3. The topological polar surface area (TPSA) is 63.2 Å². The van der Waals surface area contributed by atoms with E-state index in [0.29, 0.717) is 6.54 Å². The van der Waals surface area contributed by atoms with Crippen LogP contribution in [0.4, 0.5) is 4.39 Å². The van der Waals surface area contributed by atoms with E-state index < -0.39 is 20.8 Å². The number of hydrogen-bond donors (Lipinski definition) is 1. The maximum absolute atomic E-state index is 13.6. The van der Waals surface area contributed by atoms with Crippen molar-refractivity contribution < 1.29 is 17.6 Å². The summed E-state index contributed by atoms with van der Waals surface area (Å²) in [5, 5.41) is 2.58. The zero-order valence-corrected chi connectivity index (χ0v) is 12.3. The van der Waals surface area contributed by atoms with Gasteiger partial charge in [-0.15, -0.1) is 0 Å². The minimum Gasteiger partial charge on any atom is -0.352 e. The van der Waals surface area contributed by atoms with E-state index in [-0.39, 0.29) is 10.5 Å². The molecule has 0 heterocycles. The van der Waals surface area contributed by atoms with Gasteiger partial charge in [0.25, 0.3) is 15.0 Å². The number of rotatable bonds is 6. The Balaban J connectivity index is 2.00. The lowest BCUT2D eigenvalue weighted by Crippen LogP contribution is -2.25. The van der Waals surface area contributed by atoms with Gasteiger partial charge in [0.2, 0.25) is 0 Å². The zero-order valence-electron chi connectivity index (χ0n) is 10.7. The van der Waals surface area contributed by atoms with Crippen LogP contribution in [0.5, 0.6) is 0 Å². The fraction of sp³-hybridized carbons (Fsp3) is 0.462. The Morgan fingerprint density at radius 2 is 2.10 bits per heavy atom. The molecule has 1 amide bonds. The quantitative estimate of drug-likeness (QED) is 0.647. The fourth-order valence-corrected chi connectivity index (χ4v) is 2.70. The smallest absolute Gasteiger partial charge is 0.261 e. The van der Waals surface area contributed by atoms with Crippen molar-refractivity contribution >= 4 is 25.6 Å². The van der Waals surface area contributed by atoms with E-state index in [1.165, 1.54) is 12.8 Å². The summed E-state index contributed by atoms with van der Waals surface area (Å²) in [5.41, 5.74) is -0.307. The molecule has 1 fully saturated rings. The summed E-state index contributed by atoms with van der Waals surface area (Å²) < 4.78 is 35.9. The third-order valence-corrected chi connectivity index (χ3v) is 4.59. The Morgan fingerprint density at radius 1 is 1.40 bits per heavy atom. The van der Waals surface area contributed by atoms with Crippen molar-refractivity contribution in [2.75, 3.05) is 6.54 Å². The van der Waals surface area contributed by atoms with Gasteiger partial charge in [0, 0.05) is 17.2 Å². The first kappa shape index (κ1) is 15.3. The van der Waals surface area contributed by atoms with Gasteiger partial charge in [-0.2, -0.15) is 0 Å². The van der Waals surface area contributed by atoms with Crippen LogP contribution in [0.2, 0.25) is 0 Å². The van der Waals surface area contributed by atoms with Crippen LogP contribution in [0, 0.1) is 11.7 Å². The molecule has 1 aromatic rings. The summed E-state index contributed by atoms with van der Waals surface area (Å²) in [6.45, 7) is 0.451. The van der Waals surface area contributed by atoms with Gasteiger partial charge in [0.1, 0.15) is 5.82 Å². The Kier molecular flexibility index (Phi) is 4.65. The highest BCUT2D eigenvalue weighted by Crippen LogP contribution is 2.33. The van der Waals surface area contributed by atoms with Crippen LogP contribution in [-0.2, 0) is 9.05 Å². The van der Waals surface area contributed by atoms with Gasteiger partial charge >= 0.3 is 0 Å². The number of benzene rings is 1. The molecule has 1 N–H and O–H groups in total.